The maximum atomic E-state index is 12.6. The number of H-pyrrole nitrogens is 1. The van der Waals surface area contributed by atoms with Crippen LogP contribution in [0.15, 0.2) is 6.20 Å². The predicted octanol–water partition coefficient (Wildman–Crippen LogP) is 0.980. The first-order valence-electron chi connectivity index (χ1n) is 3.16. The second kappa shape index (κ2) is 2.58. The molecule has 0 aromatic carbocycles. The third-order valence-corrected chi connectivity index (χ3v) is 1.38. The van der Waals surface area contributed by atoms with Gasteiger partial charge in [-0.1, -0.05) is 0 Å². The Bertz CT molecular complexity index is 238. The van der Waals surface area contributed by atoms with E-state index in [1.807, 2.05) is 0 Å². The first kappa shape index (κ1) is 8.13. The molecular weight excluding hydrogens is 152 g/mol. The molecular formula is C6H9F2N3. The van der Waals surface area contributed by atoms with Crippen LogP contribution in [0.4, 0.5) is 8.78 Å². The van der Waals surface area contributed by atoms with Gasteiger partial charge in [-0.05, 0) is 0 Å². The van der Waals surface area contributed by atoms with Crippen LogP contribution >= 0.6 is 0 Å². The highest BCUT2D eigenvalue weighted by Crippen LogP contribution is 2.27. The van der Waals surface area contributed by atoms with Gasteiger partial charge in [-0.25, -0.2) is 0 Å². The average molecular weight is 161 g/mol. The van der Waals surface area contributed by atoms with Crippen molar-refractivity contribution in [3.05, 3.63) is 17.5 Å². The summed E-state index contributed by atoms with van der Waals surface area (Å²) in [6, 6.07) is 0. The summed E-state index contributed by atoms with van der Waals surface area (Å²) in [5.74, 6) is -2.88. The van der Waals surface area contributed by atoms with E-state index in [9.17, 15) is 8.78 Å². The molecule has 3 nitrogen and oxygen atoms in total. The normalized spacial score (nSPS) is 12.0. The fraction of sp³-hybridized carbons (Fsp3) is 0.500. The first-order chi connectivity index (χ1) is 5.05. The van der Waals surface area contributed by atoms with Crippen molar-refractivity contribution in [3.8, 4) is 0 Å². The SMILES string of the molecule is CC(F)(F)c1[nH]ncc1CN. The van der Waals surface area contributed by atoms with Gasteiger partial charge in [-0.2, -0.15) is 13.9 Å². The van der Waals surface area contributed by atoms with Crippen molar-refractivity contribution in [2.45, 2.75) is 19.4 Å². The summed E-state index contributed by atoms with van der Waals surface area (Å²) in [7, 11) is 0. The van der Waals surface area contributed by atoms with Crippen LogP contribution in [0.5, 0.6) is 0 Å². The van der Waals surface area contributed by atoms with Crippen molar-refractivity contribution in [2.75, 3.05) is 0 Å². The highest BCUT2D eigenvalue weighted by molar-refractivity contribution is 5.19. The Labute approximate surface area is 62.6 Å². The number of rotatable bonds is 2. The van der Waals surface area contributed by atoms with Crippen LogP contribution in [0.1, 0.15) is 18.2 Å². The summed E-state index contributed by atoms with van der Waals surface area (Å²) in [5.41, 5.74) is 5.36. The molecule has 0 aliphatic carbocycles. The number of hydrogen-bond donors (Lipinski definition) is 2. The highest BCUT2D eigenvalue weighted by Gasteiger charge is 2.28. The summed E-state index contributed by atoms with van der Waals surface area (Å²) < 4.78 is 25.2. The van der Waals surface area contributed by atoms with E-state index in [0.29, 0.717) is 5.56 Å². The van der Waals surface area contributed by atoms with Crippen LogP contribution in [0, 0.1) is 0 Å². The third kappa shape index (κ3) is 1.54. The lowest BCUT2D eigenvalue weighted by Crippen LogP contribution is -2.12. The molecule has 0 aliphatic rings. The molecule has 0 radical (unpaired) electrons. The predicted molar refractivity (Wildman–Crippen MR) is 36.0 cm³/mol. The fourth-order valence-electron chi connectivity index (χ4n) is 0.846. The Kier molecular flexibility index (Phi) is 1.90. The van der Waals surface area contributed by atoms with Crippen LogP contribution in [-0.2, 0) is 12.5 Å². The van der Waals surface area contributed by atoms with E-state index in [1.165, 1.54) is 6.20 Å². The largest absolute Gasteiger partial charge is 0.326 e. The van der Waals surface area contributed by atoms with Crippen molar-refractivity contribution < 1.29 is 8.78 Å². The van der Waals surface area contributed by atoms with Gasteiger partial charge in [-0.3, -0.25) is 5.10 Å². The van der Waals surface area contributed by atoms with Gasteiger partial charge >= 0.3 is 0 Å². The average Bonchev–Trinajstić information content (AvgIpc) is 2.31. The standard InChI is InChI=1S/C6H9F2N3/c1-6(7,8)5-4(2-9)3-10-11-5/h3H,2,9H2,1H3,(H,10,11). The molecule has 62 valence electrons. The molecule has 0 saturated heterocycles. The Morgan fingerprint density at radius 1 is 1.73 bits per heavy atom. The zero-order valence-corrected chi connectivity index (χ0v) is 6.06. The number of alkyl halides is 2. The second-order valence-electron chi connectivity index (χ2n) is 2.36. The number of nitrogens with one attached hydrogen (secondary N) is 1. The summed E-state index contributed by atoms with van der Waals surface area (Å²) in [6.07, 6.45) is 1.31. The second-order valence-corrected chi connectivity index (χ2v) is 2.36. The lowest BCUT2D eigenvalue weighted by Gasteiger charge is -2.08. The Morgan fingerprint density at radius 3 is 2.73 bits per heavy atom. The summed E-state index contributed by atoms with van der Waals surface area (Å²) in [6.45, 7) is 0.884. The molecule has 0 saturated carbocycles. The van der Waals surface area contributed by atoms with Crippen molar-refractivity contribution in [1.82, 2.24) is 10.2 Å². The van der Waals surface area contributed by atoms with Gasteiger partial charge in [0.25, 0.3) is 5.92 Å². The molecule has 11 heavy (non-hydrogen) atoms. The molecule has 1 rings (SSSR count). The first-order valence-corrected chi connectivity index (χ1v) is 3.16. The van der Waals surface area contributed by atoms with Crippen LogP contribution in [-0.4, -0.2) is 10.2 Å². The Morgan fingerprint density at radius 2 is 2.36 bits per heavy atom. The van der Waals surface area contributed by atoms with E-state index in [4.69, 9.17) is 5.73 Å². The van der Waals surface area contributed by atoms with Gasteiger partial charge in [0.15, 0.2) is 0 Å². The fourth-order valence-corrected chi connectivity index (χ4v) is 0.846. The van der Waals surface area contributed by atoms with E-state index < -0.39 is 5.92 Å². The maximum absolute atomic E-state index is 12.6. The molecule has 3 N–H and O–H groups in total. The maximum Gasteiger partial charge on any atom is 0.286 e. The molecule has 5 heteroatoms. The molecule has 0 aliphatic heterocycles. The third-order valence-electron chi connectivity index (χ3n) is 1.38. The van der Waals surface area contributed by atoms with Gasteiger partial charge < -0.3 is 5.73 Å². The molecule has 0 fully saturated rings. The molecule has 0 amide bonds. The molecule has 0 atom stereocenters. The Balaban J connectivity index is 3.02. The molecule has 1 heterocycles. The number of aromatic nitrogens is 2. The molecule has 1 aromatic rings. The quantitative estimate of drug-likeness (QED) is 0.679. The minimum absolute atomic E-state index is 0.0786. The highest BCUT2D eigenvalue weighted by atomic mass is 19.3. The van der Waals surface area contributed by atoms with Crippen molar-refractivity contribution in [2.24, 2.45) is 5.73 Å². The molecule has 0 unspecified atom stereocenters. The van der Waals surface area contributed by atoms with Gasteiger partial charge in [0.1, 0.15) is 5.69 Å². The van der Waals surface area contributed by atoms with Gasteiger partial charge in [-0.15, -0.1) is 0 Å². The molecule has 0 spiro atoms. The lowest BCUT2D eigenvalue weighted by molar-refractivity contribution is 0.0118. The number of aromatic amines is 1. The number of nitrogens with two attached hydrogens (primary N) is 1. The smallest absolute Gasteiger partial charge is 0.286 e. The van der Waals surface area contributed by atoms with E-state index in [-0.39, 0.29) is 12.2 Å². The van der Waals surface area contributed by atoms with Gasteiger partial charge in [0.05, 0.1) is 6.20 Å². The van der Waals surface area contributed by atoms with Crippen molar-refractivity contribution >= 4 is 0 Å². The zero-order valence-electron chi connectivity index (χ0n) is 6.06. The molecule has 1 aromatic heterocycles. The van der Waals surface area contributed by atoms with E-state index in [0.717, 1.165) is 6.92 Å². The summed E-state index contributed by atoms with van der Waals surface area (Å²) in [4.78, 5) is 0. The molecule has 0 bridgehead atoms. The summed E-state index contributed by atoms with van der Waals surface area (Å²) >= 11 is 0. The minimum Gasteiger partial charge on any atom is -0.326 e. The monoisotopic (exact) mass is 161 g/mol. The number of halogens is 2. The topological polar surface area (TPSA) is 54.7 Å². The van der Waals surface area contributed by atoms with Crippen LogP contribution in [0.3, 0.4) is 0 Å². The number of nitrogens with zero attached hydrogens (tertiary/aromatic N) is 1. The zero-order chi connectivity index (χ0) is 8.48. The van der Waals surface area contributed by atoms with Gasteiger partial charge in [0, 0.05) is 19.0 Å². The Hall–Kier alpha value is -0.970. The van der Waals surface area contributed by atoms with E-state index in [2.05, 4.69) is 10.2 Å². The minimum atomic E-state index is -2.88. The van der Waals surface area contributed by atoms with E-state index in [1.54, 1.807) is 0 Å². The van der Waals surface area contributed by atoms with Crippen LogP contribution in [0.2, 0.25) is 0 Å². The van der Waals surface area contributed by atoms with Gasteiger partial charge in [0.2, 0.25) is 0 Å². The van der Waals surface area contributed by atoms with Crippen LogP contribution in [0.25, 0.3) is 0 Å². The van der Waals surface area contributed by atoms with E-state index >= 15 is 0 Å². The van der Waals surface area contributed by atoms with Crippen LogP contribution < -0.4 is 5.73 Å². The summed E-state index contributed by atoms with van der Waals surface area (Å²) in [5, 5.41) is 5.69. The lowest BCUT2D eigenvalue weighted by atomic mass is 10.2. The van der Waals surface area contributed by atoms with Crippen molar-refractivity contribution in [1.29, 1.82) is 0 Å². The number of hydrogen-bond acceptors (Lipinski definition) is 2. The van der Waals surface area contributed by atoms with Crippen molar-refractivity contribution in [3.63, 3.8) is 0 Å².